The van der Waals surface area contributed by atoms with Crippen LogP contribution in [0, 0.1) is 18.8 Å². The van der Waals surface area contributed by atoms with Crippen molar-refractivity contribution in [1.29, 1.82) is 0 Å². The first-order valence-electron chi connectivity index (χ1n) is 10.5. The van der Waals surface area contributed by atoms with Crippen LogP contribution in [0.25, 0.3) is 10.4 Å². The van der Waals surface area contributed by atoms with Gasteiger partial charge in [0.25, 0.3) is 11.8 Å². The molecule has 2 amide bonds. The number of nitrogens with zero attached hydrogens (tertiary/aromatic N) is 1. The average molecular weight is 451 g/mol. The quantitative estimate of drug-likeness (QED) is 0.575. The van der Waals surface area contributed by atoms with Gasteiger partial charge < -0.3 is 10.2 Å². The summed E-state index contributed by atoms with van der Waals surface area (Å²) in [6, 6.07) is 17.2. The molecular weight excluding hydrogens is 428 g/mol. The molecule has 2 aromatic carbocycles. The monoisotopic (exact) mass is 450 g/mol. The molecule has 1 N–H and O–H groups in total. The van der Waals surface area contributed by atoms with Crippen molar-refractivity contribution >= 4 is 34.8 Å². The van der Waals surface area contributed by atoms with Gasteiger partial charge in [-0.05, 0) is 60.4 Å². The fourth-order valence-corrected chi connectivity index (χ4v) is 5.64. The molecule has 0 bridgehead atoms. The van der Waals surface area contributed by atoms with Gasteiger partial charge in [0.2, 0.25) is 0 Å². The number of piperidine rings is 1. The van der Waals surface area contributed by atoms with Crippen LogP contribution in [0.15, 0.2) is 60.0 Å². The normalized spacial score (nSPS) is 21.6. The van der Waals surface area contributed by atoms with E-state index in [1.165, 1.54) is 5.56 Å². The Morgan fingerprint density at radius 3 is 2.74 bits per heavy atom. The molecule has 1 aliphatic heterocycles. The number of nitrogens with one attached hydrogen (secondary N) is 1. The molecule has 1 saturated heterocycles. The summed E-state index contributed by atoms with van der Waals surface area (Å²) in [7, 11) is 0. The van der Waals surface area contributed by atoms with Crippen LogP contribution in [0.3, 0.4) is 0 Å². The van der Waals surface area contributed by atoms with Crippen LogP contribution >= 0.6 is 22.9 Å². The van der Waals surface area contributed by atoms with Crippen LogP contribution in [0.1, 0.15) is 32.7 Å². The summed E-state index contributed by atoms with van der Waals surface area (Å²) < 4.78 is 0. The minimum absolute atomic E-state index is 0.0337. The zero-order chi connectivity index (χ0) is 21.5. The number of carbonyl (C=O) groups is 2. The third kappa shape index (κ3) is 4.00. The molecule has 158 valence electrons. The van der Waals surface area contributed by atoms with Crippen LogP contribution in [0.5, 0.6) is 0 Å². The standard InChI is InChI=1S/C25H23ClN2O2S/c1-15-5-7-16(8-6-15)23-20(9-10-31-23)25(30)28-14-18-12-21(18)22(28)13-27-24(29)17-3-2-4-19(26)11-17/h2-11,18,21-22H,12-14H2,1H3,(H,27,29)/t18-,21-,22+/m0/s1. The number of hydrogen-bond acceptors (Lipinski definition) is 3. The van der Waals surface area contributed by atoms with E-state index in [-0.39, 0.29) is 17.9 Å². The molecule has 5 rings (SSSR count). The van der Waals surface area contributed by atoms with Gasteiger partial charge in [0.05, 0.1) is 11.6 Å². The summed E-state index contributed by atoms with van der Waals surface area (Å²) >= 11 is 7.61. The maximum atomic E-state index is 13.5. The van der Waals surface area contributed by atoms with Gasteiger partial charge in [-0.3, -0.25) is 9.59 Å². The molecule has 2 aliphatic rings. The first kappa shape index (κ1) is 20.3. The SMILES string of the molecule is Cc1ccc(-c2sccc2C(=O)N2C[C@@H]3C[C@@H]3[C@H]2CNC(=O)c2cccc(Cl)c2)cc1. The number of hydrogen-bond donors (Lipinski definition) is 1. The fourth-order valence-electron chi connectivity index (χ4n) is 4.56. The van der Waals surface area contributed by atoms with Gasteiger partial charge in [-0.15, -0.1) is 11.3 Å². The summed E-state index contributed by atoms with van der Waals surface area (Å²) in [5, 5.41) is 5.54. The third-order valence-electron chi connectivity index (χ3n) is 6.33. The molecule has 2 heterocycles. The van der Waals surface area contributed by atoms with E-state index in [4.69, 9.17) is 11.6 Å². The number of thiophene rings is 1. The Kier molecular flexibility index (Phi) is 5.32. The van der Waals surface area contributed by atoms with Crippen LogP contribution in [-0.2, 0) is 0 Å². The van der Waals surface area contributed by atoms with Crippen molar-refractivity contribution in [2.24, 2.45) is 11.8 Å². The molecule has 4 nitrogen and oxygen atoms in total. The molecule has 2 fully saturated rings. The Labute approximate surface area is 190 Å². The highest BCUT2D eigenvalue weighted by Crippen LogP contribution is 2.50. The summed E-state index contributed by atoms with van der Waals surface area (Å²) in [6.07, 6.45) is 1.13. The Bertz CT molecular complexity index is 1140. The van der Waals surface area contributed by atoms with E-state index < -0.39 is 0 Å². The van der Waals surface area contributed by atoms with Crippen molar-refractivity contribution in [1.82, 2.24) is 10.2 Å². The average Bonchev–Trinajstić information content (AvgIpc) is 3.20. The lowest BCUT2D eigenvalue weighted by molar-refractivity contribution is 0.0696. The lowest BCUT2D eigenvalue weighted by Crippen LogP contribution is -2.45. The van der Waals surface area contributed by atoms with Crippen LogP contribution in [0.2, 0.25) is 5.02 Å². The second-order valence-electron chi connectivity index (χ2n) is 8.43. The Hall–Kier alpha value is -2.63. The van der Waals surface area contributed by atoms with Crippen LogP contribution in [0.4, 0.5) is 0 Å². The number of rotatable bonds is 5. The first-order valence-corrected chi connectivity index (χ1v) is 11.8. The van der Waals surface area contributed by atoms with E-state index in [1.807, 2.05) is 16.3 Å². The van der Waals surface area contributed by atoms with Crippen molar-refractivity contribution in [2.45, 2.75) is 19.4 Å². The second kappa shape index (κ2) is 8.13. The molecule has 0 radical (unpaired) electrons. The van der Waals surface area contributed by atoms with Gasteiger partial charge in [-0.2, -0.15) is 0 Å². The number of carbonyl (C=O) groups excluding carboxylic acids is 2. The van der Waals surface area contributed by atoms with Gasteiger partial charge in [0.15, 0.2) is 0 Å². The maximum absolute atomic E-state index is 13.5. The number of amides is 2. The van der Waals surface area contributed by atoms with Crippen molar-refractivity contribution < 1.29 is 9.59 Å². The van der Waals surface area contributed by atoms with Crippen molar-refractivity contribution in [2.75, 3.05) is 13.1 Å². The molecule has 6 heteroatoms. The lowest BCUT2D eigenvalue weighted by Gasteiger charge is -2.28. The summed E-state index contributed by atoms with van der Waals surface area (Å²) in [4.78, 5) is 29.1. The minimum Gasteiger partial charge on any atom is -0.350 e. The number of likely N-dealkylation sites (tertiary alicyclic amines) is 1. The largest absolute Gasteiger partial charge is 0.350 e. The van der Waals surface area contributed by atoms with E-state index >= 15 is 0 Å². The van der Waals surface area contributed by atoms with E-state index in [2.05, 4.69) is 36.5 Å². The summed E-state index contributed by atoms with van der Waals surface area (Å²) in [5.41, 5.74) is 3.55. The van der Waals surface area contributed by atoms with Crippen molar-refractivity contribution in [3.05, 3.63) is 81.7 Å². The highest BCUT2D eigenvalue weighted by atomic mass is 35.5. The molecule has 31 heavy (non-hydrogen) atoms. The smallest absolute Gasteiger partial charge is 0.255 e. The molecule has 3 atom stereocenters. The maximum Gasteiger partial charge on any atom is 0.255 e. The van der Waals surface area contributed by atoms with Crippen LogP contribution in [-0.4, -0.2) is 35.8 Å². The van der Waals surface area contributed by atoms with Gasteiger partial charge >= 0.3 is 0 Å². The molecule has 0 spiro atoms. The van der Waals surface area contributed by atoms with Crippen molar-refractivity contribution in [3.63, 3.8) is 0 Å². The number of benzene rings is 2. The number of fused-ring (bicyclic) bond motifs is 1. The third-order valence-corrected chi connectivity index (χ3v) is 7.53. The molecule has 1 aliphatic carbocycles. The Morgan fingerprint density at radius 2 is 1.97 bits per heavy atom. The van der Waals surface area contributed by atoms with Gasteiger partial charge in [0.1, 0.15) is 0 Å². The highest BCUT2D eigenvalue weighted by Gasteiger charge is 2.54. The predicted molar refractivity (Wildman–Crippen MR) is 125 cm³/mol. The van der Waals surface area contributed by atoms with Crippen LogP contribution < -0.4 is 5.32 Å². The zero-order valence-electron chi connectivity index (χ0n) is 17.2. The molecule has 1 saturated carbocycles. The molecular formula is C25H23ClN2O2S. The molecule has 3 aromatic rings. The summed E-state index contributed by atoms with van der Waals surface area (Å²) in [6.45, 7) is 3.29. The first-order chi connectivity index (χ1) is 15.0. The van der Waals surface area contributed by atoms with E-state index in [1.54, 1.807) is 35.6 Å². The molecule has 0 unspecified atom stereocenters. The number of halogens is 1. The van der Waals surface area contributed by atoms with E-state index in [0.717, 1.165) is 29.0 Å². The fraction of sp³-hybridized carbons (Fsp3) is 0.280. The van der Waals surface area contributed by atoms with Gasteiger partial charge in [-0.1, -0.05) is 47.5 Å². The Morgan fingerprint density at radius 1 is 1.16 bits per heavy atom. The number of aryl methyl sites for hydroxylation is 1. The predicted octanol–water partition coefficient (Wildman–Crippen LogP) is 5.27. The topological polar surface area (TPSA) is 49.4 Å². The Balaban J connectivity index is 1.32. The lowest BCUT2D eigenvalue weighted by atomic mass is 10.1. The molecule has 1 aromatic heterocycles. The zero-order valence-corrected chi connectivity index (χ0v) is 18.7. The highest BCUT2D eigenvalue weighted by molar-refractivity contribution is 7.14. The van der Waals surface area contributed by atoms with Crippen molar-refractivity contribution in [3.8, 4) is 10.4 Å². The van der Waals surface area contributed by atoms with Gasteiger partial charge in [0, 0.05) is 28.6 Å². The van der Waals surface area contributed by atoms with Gasteiger partial charge in [-0.25, -0.2) is 0 Å². The van der Waals surface area contributed by atoms with E-state index in [9.17, 15) is 9.59 Å². The second-order valence-corrected chi connectivity index (χ2v) is 9.79. The minimum atomic E-state index is -0.158. The summed E-state index contributed by atoms with van der Waals surface area (Å²) in [5.74, 6) is 0.935. The van der Waals surface area contributed by atoms with E-state index in [0.29, 0.717) is 29.0 Å².